The fourth-order valence-corrected chi connectivity index (χ4v) is 5.18. The Hall–Kier alpha value is -2.76. The molecule has 0 spiro atoms. The minimum atomic E-state index is -0.259. The summed E-state index contributed by atoms with van der Waals surface area (Å²) >= 11 is 1.61. The number of hydrogen-bond acceptors (Lipinski definition) is 4. The second-order valence-corrected chi connectivity index (χ2v) is 9.27. The molecule has 4 nitrogen and oxygen atoms in total. The zero-order chi connectivity index (χ0) is 22.2. The van der Waals surface area contributed by atoms with Crippen molar-refractivity contribution in [2.45, 2.75) is 35.6 Å². The highest BCUT2D eigenvalue weighted by Gasteiger charge is 2.27. The van der Waals surface area contributed by atoms with Crippen molar-refractivity contribution in [2.75, 3.05) is 20.2 Å². The Labute approximate surface area is 195 Å². The molecule has 0 bridgehead atoms. The number of nitrogens with zero attached hydrogens (tertiary/aromatic N) is 1. The molecule has 1 aliphatic heterocycles. The van der Waals surface area contributed by atoms with E-state index < -0.39 is 0 Å². The first kappa shape index (κ1) is 22.4. The van der Waals surface area contributed by atoms with Gasteiger partial charge >= 0.3 is 0 Å². The lowest BCUT2D eigenvalue weighted by atomic mass is 10.0. The Balaban J connectivity index is 1.36. The van der Waals surface area contributed by atoms with Crippen LogP contribution in [0.25, 0.3) is 0 Å². The van der Waals surface area contributed by atoms with Crippen LogP contribution >= 0.6 is 11.8 Å². The predicted octanol–water partition coefficient (Wildman–Crippen LogP) is 5.31. The molecule has 166 valence electrons. The number of methoxy groups -OCH3 is 1. The van der Waals surface area contributed by atoms with Crippen LogP contribution in [0.3, 0.4) is 0 Å². The average molecular weight is 447 g/mol. The van der Waals surface area contributed by atoms with E-state index in [1.165, 1.54) is 5.56 Å². The summed E-state index contributed by atoms with van der Waals surface area (Å²) in [5, 5.41) is 3.07. The van der Waals surface area contributed by atoms with E-state index in [0.29, 0.717) is 0 Å². The van der Waals surface area contributed by atoms with Gasteiger partial charge in [-0.05, 0) is 36.6 Å². The fraction of sp³-hybridized carbons (Fsp3) is 0.296. The van der Waals surface area contributed by atoms with Crippen LogP contribution in [0.15, 0.2) is 89.8 Å². The maximum Gasteiger partial charge on any atom is 0.238 e. The minimum absolute atomic E-state index is 0.0910. The van der Waals surface area contributed by atoms with Crippen LogP contribution < -0.4 is 10.1 Å². The summed E-state index contributed by atoms with van der Waals surface area (Å²) in [6, 6.07) is 28.6. The molecule has 0 aromatic heterocycles. The highest BCUT2D eigenvalue weighted by atomic mass is 32.2. The van der Waals surface area contributed by atoms with Crippen molar-refractivity contribution < 1.29 is 9.53 Å². The molecule has 1 N–H and O–H groups in total. The first-order valence-corrected chi connectivity index (χ1v) is 12.0. The van der Waals surface area contributed by atoms with Crippen LogP contribution in [-0.4, -0.2) is 37.0 Å². The largest absolute Gasteiger partial charge is 0.496 e. The number of piperidine rings is 1. The predicted molar refractivity (Wildman–Crippen MR) is 131 cm³/mol. The number of carbonyl (C=O) groups is 1. The van der Waals surface area contributed by atoms with E-state index >= 15 is 0 Å². The van der Waals surface area contributed by atoms with Crippen LogP contribution in [0.4, 0.5) is 0 Å². The van der Waals surface area contributed by atoms with E-state index in [9.17, 15) is 4.79 Å². The Morgan fingerprint density at radius 3 is 2.28 bits per heavy atom. The van der Waals surface area contributed by atoms with Crippen molar-refractivity contribution in [3.05, 3.63) is 96.1 Å². The molecule has 1 amide bonds. The maximum absolute atomic E-state index is 13.3. The quantitative estimate of drug-likeness (QED) is 0.476. The summed E-state index contributed by atoms with van der Waals surface area (Å²) in [6.45, 7) is 2.80. The standard InChI is InChI=1S/C27H30N2O2S/c1-31-25-15-9-8-12-22(25)20-29-18-16-23(17-19-29)28-27(30)26(21-10-4-2-5-11-21)32-24-13-6-3-7-14-24/h2-15,23,26H,16-20H2,1H3,(H,28,30). The monoisotopic (exact) mass is 446 g/mol. The van der Waals surface area contributed by atoms with E-state index in [-0.39, 0.29) is 17.2 Å². The van der Waals surface area contributed by atoms with Crippen LogP contribution in [0.1, 0.15) is 29.2 Å². The number of hydrogen-bond donors (Lipinski definition) is 1. The molecule has 0 aliphatic carbocycles. The van der Waals surface area contributed by atoms with Gasteiger partial charge in [0, 0.05) is 36.1 Å². The lowest BCUT2D eigenvalue weighted by molar-refractivity contribution is -0.121. The summed E-state index contributed by atoms with van der Waals surface area (Å²) in [6.07, 6.45) is 1.91. The van der Waals surface area contributed by atoms with Crippen molar-refractivity contribution in [1.82, 2.24) is 10.2 Å². The van der Waals surface area contributed by atoms with Gasteiger partial charge in [-0.2, -0.15) is 0 Å². The topological polar surface area (TPSA) is 41.6 Å². The zero-order valence-electron chi connectivity index (χ0n) is 18.4. The molecule has 3 aromatic carbocycles. The van der Waals surface area contributed by atoms with Gasteiger partial charge in [0.15, 0.2) is 0 Å². The third kappa shape index (κ3) is 5.93. The summed E-state index contributed by atoms with van der Waals surface area (Å²) in [5.74, 6) is 1.03. The molecule has 1 fully saturated rings. The maximum atomic E-state index is 13.3. The molecule has 1 unspecified atom stereocenters. The van der Waals surface area contributed by atoms with E-state index in [1.54, 1.807) is 18.9 Å². The smallest absolute Gasteiger partial charge is 0.238 e. The summed E-state index contributed by atoms with van der Waals surface area (Å²) in [4.78, 5) is 16.8. The van der Waals surface area contributed by atoms with Crippen molar-refractivity contribution in [2.24, 2.45) is 0 Å². The van der Waals surface area contributed by atoms with Crippen LogP contribution in [0, 0.1) is 0 Å². The van der Waals surface area contributed by atoms with E-state index in [0.717, 1.165) is 48.7 Å². The molecule has 0 saturated carbocycles. The molecule has 3 aromatic rings. The first-order chi connectivity index (χ1) is 15.7. The molecule has 0 radical (unpaired) electrons. The Kier molecular flexibility index (Phi) is 7.86. The molecule has 4 rings (SSSR count). The van der Waals surface area contributed by atoms with Gasteiger partial charge in [-0.1, -0.05) is 66.7 Å². The van der Waals surface area contributed by atoms with Crippen LogP contribution in [-0.2, 0) is 11.3 Å². The fourth-order valence-electron chi connectivity index (χ4n) is 4.12. The number of ether oxygens (including phenoxy) is 1. The SMILES string of the molecule is COc1ccccc1CN1CCC(NC(=O)C(Sc2ccccc2)c2ccccc2)CC1. The van der Waals surface area contributed by atoms with Gasteiger partial charge in [0.1, 0.15) is 11.0 Å². The normalized spacial score (nSPS) is 15.8. The van der Waals surface area contributed by atoms with Gasteiger partial charge in [0.25, 0.3) is 0 Å². The van der Waals surface area contributed by atoms with Crippen LogP contribution in [0.2, 0.25) is 0 Å². The second kappa shape index (κ2) is 11.2. The van der Waals surface area contributed by atoms with E-state index in [4.69, 9.17) is 4.74 Å². The van der Waals surface area contributed by atoms with Crippen molar-refractivity contribution >= 4 is 17.7 Å². The minimum Gasteiger partial charge on any atom is -0.496 e. The molecule has 1 aliphatic rings. The summed E-state index contributed by atoms with van der Waals surface area (Å²) in [5.41, 5.74) is 2.24. The highest BCUT2D eigenvalue weighted by molar-refractivity contribution is 8.00. The van der Waals surface area contributed by atoms with Gasteiger partial charge in [0.05, 0.1) is 7.11 Å². The molecular formula is C27H30N2O2S. The first-order valence-electron chi connectivity index (χ1n) is 11.1. The highest BCUT2D eigenvalue weighted by Crippen LogP contribution is 2.35. The van der Waals surface area contributed by atoms with Crippen LogP contribution in [0.5, 0.6) is 5.75 Å². The zero-order valence-corrected chi connectivity index (χ0v) is 19.3. The van der Waals surface area contributed by atoms with Gasteiger partial charge in [-0.3, -0.25) is 9.69 Å². The second-order valence-electron chi connectivity index (χ2n) is 8.09. The number of rotatable bonds is 8. The number of carbonyl (C=O) groups excluding carboxylic acids is 1. The Morgan fingerprint density at radius 1 is 0.969 bits per heavy atom. The van der Waals surface area contributed by atoms with Crippen molar-refractivity contribution in [3.63, 3.8) is 0 Å². The van der Waals surface area contributed by atoms with E-state index in [2.05, 4.69) is 34.5 Å². The lowest BCUT2D eigenvalue weighted by Gasteiger charge is -2.33. The Morgan fingerprint density at radius 2 is 1.59 bits per heavy atom. The Bertz CT molecular complexity index is 989. The molecule has 5 heteroatoms. The third-order valence-corrected chi connectivity index (χ3v) is 7.12. The van der Waals surface area contributed by atoms with E-state index in [1.807, 2.05) is 60.7 Å². The van der Waals surface area contributed by atoms with Crippen molar-refractivity contribution in [1.29, 1.82) is 0 Å². The van der Waals surface area contributed by atoms with Gasteiger partial charge < -0.3 is 10.1 Å². The van der Waals surface area contributed by atoms with Gasteiger partial charge in [-0.25, -0.2) is 0 Å². The number of benzene rings is 3. The molecule has 1 heterocycles. The number of thioether (sulfide) groups is 1. The summed E-state index contributed by atoms with van der Waals surface area (Å²) < 4.78 is 5.49. The van der Waals surface area contributed by atoms with Gasteiger partial charge in [0.2, 0.25) is 5.91 Å². The third-order valence-electron chi connectivity index (χ3n) is 5.86. The number of amides is 1. The molecular weight excluding hydrogens is 416 g/mol. The lowest BCUT2D eigenvalue weighted by Crippen LogP contribution is -2.45. The number of likely N-dealkylation sites (tertiary alicyclic amines) is 1. The molecule has 1 atom stereocenters. The number of para-hydroxylation sites is 1. The number of nitrogens with one attached hydrogen (secondary N) is 1. The average Bonchev–Trinajstić information content (AvgIpc) is 2.85. The molecule has 1 saturated heterocycles. The molecule has 32 heavy (non-hydrogen) atoms. The summed E-state index contributed by atoms with van der Waals surface area (Å²) in [7, 11) is 1.72. The van der Waals surface area contributed by atoms with Gasteiger partial charge in [-0.15, -0.1) is 11.8 Å². The van der Waals surface area contributed by atoms with Crippen molar-refractivity contribution in [3.8, 4) is 5.75 Å².